The van der Waals surface area contributed by atoms with Crippen molar-refractivity contribution in [3.05, 3.63) is 101 Å². The highest BCUT2D eigenvalue weighted by molar-refractivity contribution is 6.46. The molecule has 1 atom stereocenters. The molecular formula is C28H27FN2O4. The van der Waals surface area contributed by atoms with Gasteiger partial charge >= 0.3 is 0 Å². The van der Waals surface area contributed by atoms with Crippen molar-refractivity contribution in [2.24, 2.45) is 5.92 Å². The molecule has 0 aliphatic carbocycles. The first-order valence-electron chi connectivity index (χ1n) is 11.5. The minimum atomic E-state index is -0.839. The quantitative estimate of drug-likeness (QED) is 0.285. The summed E-state index contributed by atoms with van der Waals surface area (Å²) in [4.78, 5) is 31.9. The number of aliphatic hydroxyl groups is 1. The Hall–Kier alpha value is -4.00. The number of hydrogen-bond acceptors (Lipinski definition) is 5. The van der Waals surface area contributed by atoms with Crippen LogP contribution in [0.3, 0.4) is 0 Å². The Labute approximate surface area is 203 Å². The molecule has 2 aromatic carbocycles. The summed E-state index contributed by atoms with van der Waals surface area (Å²) in [6.07, 6.45) is 1.99. The molecule has 0 saturated carbocycles. The molecule has 1 amide bonds. The number of hydrogen-bond donors (Lipinski definition) is 1. The lowest BCUT2D eigenvalue weighted by Gasteiger charge is -2.24. The van der Waals surface area contributed by atoms with Gasteiger partial charge in [0.15, 0.2) is 0 Å². The van der Waals surface area contributed by atoms with Gasteiger partial charge < -0.3 is 14.7 Å². The maximum atomic E-state index is 13.3. The predicted molar refractivity (Wildman–Crippen MR) is 130 cm³/mol. The van der Waals surface area contributed by atoms with Gasteiger partial charge in [0.1, 0.15) is 23.4 Å². The molecule has 2 heterocycles. The molecule has 3 aromatic rings. The van der Waals surface area contributed by atoms with Crippen molar-refractivity contribution in [1.29, 1.82) is 0 Å². The molecule has 1 N–H and O–H groups in total. The zero-order valence-electron chi connectivity index (χ0n) is 19.6. The van der Waals surface area contributed by atoms with E-state index < -0.39 is 17.7 Å². The van der Waals surface area contributed by atoms with Crippen LogP contribution >= 0.6 is 0 Å². The highest BCUT2D eigenvalue weighted by Gasteiger charge is 2.46. The van der Waals surface area contributed by atoms with E-state index in [2.05, 4.69) is 4.98 Å². The van der Waals surface area contributed by atoms with Crippen molar-refractivity contribution in [1.82, 2.24) is 9.88 Å². The summed E-state index contributed by atoms with van der Waals surface area (Å²) < 4.78 is 19.0. The standard InChI is InChI=1S/C28H27FN2O4/c1-18(2)17-35-22-12-8-20(9-13-22)26(32)24-25(23-5-3-4-15-30-23)31(28(34)27(24)33)16-14-19-6-10-21(29)11-7-19/h3-13,15,18,25,32H,14,16-17H2,1-2H3/b26-24-. The summed E-state index contributed by atoms with van der Waals surface area (Å²) in [5.74, 6) is -1.07. The highest BCUT2D eigenvalue weighted by atomic mass is 19.1. The first kappa shape index (κ1) is 24.1. The van der Waals surface area contributed by atoms with Crippen molar-refractivity contribution >= 4 is 17.4 Å². The summed E-state index contributed by atoms with van der Waals surface area (Å²) in [5.41, 5.74) is 1.69. The van der Waals surface area contributed by atoms with E-state index in [0.29, 0.717) is 36.0 Å². The number of rotatable bonds is 8. The molecule has 0 bridgehead atoms. The van der Waals surface area contributed by atoms with Gasteiger partial charge in [-0.1, -0.05) is 32.0 Å². The number of aliphatic hydroxyl groups excluding tert-OH is 1. The smallest absolute Gasteiger partial charge is 0.295 e. The third-order valence-corrected chi connectivity index (χ3v) is 5.77. The van der Waals surface area contributed by atoms with Gasteiger partial charge in [-0.3, -0.25) is 14.6 Å². The van der Waals surface area contributed by atoms with Crippen LogP contribution in [0.5, 0.6) is 5.75 Å². The largest absolute Gasteiger partial charge is 0.507 e. The lowest BCUT2D eigenvalue weighted by molar-refractivity contribution is -0.139. The molecule has 1 aliphatic heterocycles. The van der Waals surface area contributed by atoms with Crippen molar-refractivity contribution < 1.29 is 23.8 Å². The molecule has 7 heteroatoms. The molecule has 35 heavy (non-hydrogen) atoms. The lowest BCUT2D eigenvalue weighted by Crippen LogP contribution is -2.32. The van der Waals surface area contributed by atoms with E-state index in [9.17, 15) is 19.1 Å². The monoisotopic (exact) mass is 474 g/mol. The molecule has 180 valence electrons. The van der Waals surface area contributed by atoms with Crippen LogP contribution in [-0.2, 0) is 16.0 Å². The second kappa shape index (κ2) is 10.5. The number of Topliss-reactive ketones (excluding diaryl/α,β-unsaturated/α-hetero) is 1. The number of nitrogens with zero attached hydrogens (tertiary/aromatic N) is 2. The van der Waals surface area contributed by atoms with Gasteiger partial charge in [0.25, 0.3) is 11.7 Å². The normalized spacial score (nSPS) is 17.3. The van der Waals surface area contributed by atoms with Gasteiger partial charge in [0.05, 0.1) is 17.9 Å². The molecular weight excluding hydrogens is 447 g/mol. The fourth-order valence-electron chi connectivity index (χ4n) is 3.98. The summed E-state index contributed by atoms with van der Waals surface area (Å²) >= 11 is 0. The molecule has 1 aromatic heterocycles. The van der Waals surface area contributed by atoms with Crippen LogP contribution in [0.15, 0.2) is 78.5 Å². The Kier molecular flexibility index (Phi) is 7.25. The third-order valence-electron chi connectivity index (χ3n) is 5.77. The number of amides is 1. The topological polar surface area (TPSA) is 79.7 Å². The van der Waals surface area contributed by atoms with E-state index in [4.69, 9.17) is 4.74 Å². The summed E-state index contributed by atoms with van der Waals surface area (Å²) in [6.45, 7) is 4.86. The summed E-state index contributed by atoms with van der Waals surface area (Å²) in [5, 5.41) is 11.2. The van der Waals surface area contributed by atoms with Crippen LogP contribution in [0.4, 0.5) is 4.39 Å². The number of carbonyl (C=O) groups excluding carboxylic acids is 2. The van der Waals surface area contributed by atoms with E-state index in [0.717, 1.165) is 5.56 Å². The number of pyridine rings is 1. The molecule has 6 nitrogen and oxygen atoms in total. The Morgan fingerprint density at radius 1 is 1.06 bits per heavy atom. The molecule has 0 spiro atoms. The average Bonchev–Trinajstić information content (AvgIpc) is 3.12. The molecule has 1 saturated heterocycles. The van der Waals surface area contributed by atoms with Crippen LogP contribution in [-0.4, -0.2) is 39.8 Å². The average molecular weight is 475 g/mol. The molecule has 1 unspecified atom stereocenters. The van der Waals surface area contributed by atoms with E-state index in [1.165, 1.54) is 17.0 Å². The van der Waals surface area contributed by atoms with Crippen LogP contribution in [0, 0.1) is 11.7 Å². The molecule has 0 radical (unpaired) electrons. The number of benzene rings is 2. The second-order valence-corrected chi connectivity index (χ2v) is 8.85. The molecule has 1 aliphatic rings. The number of likely N-dealkylation sites (tertiary alicyclic amines) is 1. The number of ketones is 1. The van der Waals surface area contributed by atoms with Gasteiger partial charge in [0, 0.05) is 18.3 Å². The van der Waals surface area contributed by atoms with E-state index in [1.807, 2.05) is 13.8 Å². The Morgan fingerprint density at radius 3 is 2.40 bits per heavy atom. The fraction of sp³-hybridized carbons (Fsp3) is 0.250. The lowest BCUT2D eigenvalue weighted by atomic mass is 9.98. The number of carbonyl (C=O) groups is 2. The van der Waals surface area contributed by atoms with Gasteiger partial charge in [-0.15, -0.1) is 0 Å². The maximum absolute atomic E-state index is 13.3. The molecule has 1 fully saturated rings. The molecule has 4 rings (SSSR count). The third kappa shape index (κ3) is 5.40. The maximum Gasteiger partial charge on any atom is 0.295 e. The van der Waals surface area contributed by atoms with Crippen molar-refractivity contribution in [3.63, 3.8) is 0 Å². The highest BCUT2D eigenvalue weighted by Crippen LogP contribution is 2.38. The SMILES string of the molecule is CC(C)COc1ccc(/C(O)=C2/C(=O)C(=O)N(CCc3ccc(F)cc3)C2c2ccccn2)cc1. The first-order chi connectivity index (χ1) is 16.8. The van der Waals surface area contributed by atoms with Crippen LogP contribution in [0.2, 0.25) is 0 Å². The zero-order chi connectivity index (χ0) is 24.9. The van der Waals surface area contributed by atoms with Gasteiger partial charge in [0.2, 0.25) is 0 Å². The summed E-state index contributed by atoms with van der Waals surface area (Å²) in [6, 6.07) is 17.1. The van der Waals surface area contributed by atoms with E-state index >= 15 is 0 Å². The second-order valence-electron chi connectivity index (χ2n) is 8.85. The fourth-order valence-corrected chi connectivity index (χ4v) is 3.98. The van der Waals surface area contributed by atoms with Crippen molar-refractivity contribution in [2.75, 3.05) is 13.2 Å². The van der Waals surface area contributed by atoms with Crippen LogP contribution < -0.4 is 4.74 Å². The van der Waals surface area contributed by atoms with E-state index in [1.54, 1.807) is 60.8 Å². The van der Waals surface area contributed by atoms with Crippen molar-refractivity contribution in [3.8, 4) is 5.75 Å². The number of aromatic nitrogens is 1. The van der Waals surface area contributed by atoms with Crippen molar-refractivity contribution in [2.45, 2.75) is 26.3 Å². The summed E-state index contributed by atoms with van der Waals surface area (Å²) in [7, 11) is 0. The van der Waals surface area contributed by atoms with Crippen LogP contribution in [0.25, 0.3) is 5.76 Å². The van der Waals surface area contributed by atoms with E-state index in [-0.39, 0.29) is 23.7 Å². The Bertz CT molecular complexity index is 1220. The van der Waals surface area contributed by atoms with Gasteiger partial charge in [-0.25, -0.2) is 4.39 Å². The minimum absolute atomic E-state index is 0.0105. The van der Waals surface area contributed by atoms with Gasteiger partial charge in [-0.2, -0.15) is 0 Å². The number of halogens is 1. The first-order valence-corrected chi connectivity index (χ1v) is 11.5. The predicted octanol–water partition coefficient (Wildman–Crippen LogP) is 4.92. The Morgan fingerprint density at radius 2 is 1.77 bits per heavy atom. The number of ether oxygens (including phenoxy) is 1. The Balaban J connectivity index is 1.67. The van der Waals surface area contributed by atoms with Crippen LogP contribution in [0.1, 0.15) is 36.7 Å². The minimum Gasteiger partial charge on any atom is -0.507 e. The zero-order valence-corrected chi connectivity index (χ0v) is 19.6. The van der Waals surface area contributed by atoms with Gasteiger partial charge in [-0.05, 0) is 66.4 Å².